The third kappa shape index (κ3) is 3.93. The molecule has 1 atom stereocenters. The molecule has 0 spiro atoms. The number of aromatic carboxylic acids is 1. The van der Waals surface area contributed by atoms with Crippen molar-refractivity contribution in [2.75, 3.05) is 6.54 Å². The highest BCUT2D eigenvalue weighted by atomic mass is 16.4. The minimum Gasteiger partial charge on any atom is -0.478 e. The molecule has 0 bridgehead atoms. The molecule has 3 rings (SSSR count). The van der Waals surface area contributed by atoms with Crippen LogP contribution in [0.5, 0.6) is 0 Å². The summed E-state index contributed by atoms with van der Waals surface area (Å²) in [6.45, 7) is 2.52. The second kappa shape index (κ2) is 7.43. The van der Waals surface area contributed by atoms with Gasteiger partial charge in [-0.1, -0.05) is 30.3 Å². The lowest BCUT2D eigenvalue weighted by atomic mass is 10.1. The molecule has 1 aliphatic rings. The normalized spacial score (nSPS) is 16.7. The minimum atomic E-state index is -1.07. The van der Waals surface area contributed by atoms with Crippen LogP contribution in [0.15, 0.2) is 40.8 Å². The summed E-state index contributed by atoms with van der Waals surface area (Å²) in [4.78, 5) is 37.2. The molecule has 2 aromatic rings. The summed E-state index contributed by atoms with van der Waals surface area (Å²) in [5, 5.41) is 11.7. The molecule has 2 heterocycles. The number of nitrogens with zero attached hydrogens (tertiary/aromatic N) is 1. The number of hydrogen-bond donors (Lipinski definition) is 2. The van der Waals surface area contributed by atoms with Gasteiger partial charge in [-0.25, -0.2) is 4.79 Å². The highest BCUT2D eigenvalue weighted by Crippen LogP contribution is 2.21. The van der Waals surface area contributed by atoms with Gasteiger partial charge in [-0.15, -0.1) is 0 Å². The molecule has 0 radical (unpaired) electrons. The zero-order valence-corrected chi connectivity index (χ0v) is 14.4. The van der Waals surface area contributed by atoms with E-state index in [1.54, 1.807) is 11.8 Å². The van der Waals surface area contributed by atoms with E-state index >= 15 is 0 Å². The van der Waals surface area contributed by atoms with E-state index in [2.05, 4.69) is 5.32 Å². The Kier molecular flexibility index (Phi) is 5.06. The van der Waals surface area contributed by atoms with Crippen molar-refractivity contribution in [2.24, 2.45) is 5.92 Å². The van der Waals surface area contributed by atoms with Crippen LogP contribution in [0.4, 0.5) is 0 Å². The number of hydrogen-bond acceptors (Lipinski definition) is 4. The lowest BCUT2D eigenvalue weighted by Gasteiger charge is -2.16. The molecule has 0 aliphatic carbocycles. The molecule has 0 saturated carbocycles. The highest BCUT2D eigenvalue weighted by Gasteiger charge is 2.34. The molecule has 1 aromatic heterocycles. The van der Waals surface area contributed by atoms with Crippen LogP contribution in [-0.2, 0) is 22.7 Å². The summed E-state index contributed by atoms with van der Waals surface area (Å²) in [6, 6.07) is 11.0. The predicted octanol–water partition coefficient (Wildman–Crippen LogP) is 1.95. The summed E-state index contributed by atoms with van der Waals surface area (Å²) in [5.74, 6) is -1.09. The van der Waals surface area contributed by atoms with Crippen molar-refractivity contribution in [3.63, 3.8) is 0 Å². The molecule has 2 N–H and O–H groups in total. The topological polar surface area (TPSA) is 99.9 Å². The van der Waals surface area contributed by atoms with Crippen LogP contribution in [-0.4, -0.2) is 34.3 Å². The van der Waals surface area contributed by atoms with Crippen LogP contribution in [0.25, 0.3) is 0 Å². The Morgan fingerprint density at radius 2 is 2.04 bits per heavy atom. The van der Waals surface area contributed by atoms with Crippen LogP contribution in [0.2, 0.25) is 0 Å². The summed E-state index contributed by atoms with van der Waals surface area (Å²) in [5.41, 5.74) is 1.11. The van der Waals surface area contributed by atoms with Crippen LogP contribution >= 0.6 is 0 Å². The molecule has 1 aliphatic heterocycles. The number of carboxylic acids is 1. The third-order valence-corrected chi connectivity index (χ3v) is 4.44. The molecule has 7 nitrogen and oxygen atoms in total. The van der Waals surface area contributed by atoms with Gasteiger partial charge < -0.3 is 19.7 Å². The van der Waals surface area contributed by atoms with Gasteiger partial charge in [0.2, 0.25) is 11.8 Å². The van der Waals surface area contributed by atoms with E-state index in [4.69, 9.17) is 9.52 Å². The van der Waals surface area contributed by atoms with Crippen molar-refractivity contribution in [1.29, 1.82) is 0 Å². The number of carbonyl (C=O) groups is 3. The lowest BCUT2D eigenvalue weighted by Crippen LogP contribution is -2.32. The van der Waals surface area contributed by atoms with Gasteiger partial charge >= 0.3 is 5.97 Å². The van der Waals surface area contributed by atoms with Gasteiger partial charge in [0, 0.05) is 19.5 Å². The van der Waals surface area contributed by atoms with E-state index < -0.39 is 11.9 Å². The molecular weight excluding hydrogens is 336 g/mol. The summed E-state index contributed by atoms with van der Waals surface area (Å²) in [7, 11) is 0. The van der Waals surface area contributed by atoms with E-state index in [1.165, 1.54) is 6.07 Å². The standard InChI is InChI=1S/C19H20N2O5/c1-12-16(19(24)25)8-15(26-12)9-20-18(23)14-7-17(22)21(11-14)10-13-5-3-2-4-6-13/h2-6,8,14H,7,9-11H2,1H3,(H,20,23)(H,24,25). The maximum atomic E-state index is 12.3. The van der Waals surface area contributed by atoms with Crippen molar-refractivity contribution >= 4 is 17.8 Å². The number of carbonyl (C=O) groups excluding carboxylic acids is 2. The number of aryl methyl sites for hydroxylation is 1. The monoisotopic (exact) mass is 356 g/mol. The second-order valence-electron chi connectivity index (χ2n) is 6.37. The number of carboxylic acid groups (broad SMARTS) is 1. The number of benzene rings is 1. The quantitative estimate of drug-likeness (QED) is 0.824. The van der Waals surface area contributed by atoms with E-state index in [0.29, 0.717) is 24.6 Å². The van der Waals surface area contributed by atoms with E-state index in [-0.39, 0.29) is 30.3 Å². The largest absolute Gasteiger partial charge is 0.478 e. The average Bonchev–Trinajstić information content (AvgIpc) is 3.17. The van der Waals surface area contributed by atoms with Crippen molar-refractivity contribution in [2.45, 2.75) is 26.4 Å². The van der Waals surface area contributed by atoms with Crippen molar-refractivity contribution < 1.29 is 23.9 Å². The number of furan rings is 1. The number of amides is 2. The Morgan fingerprint density at radius 1 is 1.31 bits per heavy atom. The molecular formula is C19H20N2O5. The number of likely N-dealkylation sites (tertiary alicyclic amines) is 1. The molecule has 1 aromatic carbocycles. The molecule has 136 valence electrons. The van der Waals surface area contributed by atoms with Gasteiger partial charge in [0.15, 0.2) is 0 Å². The van der Waals surface area contributed by atoms with Crippen molar-refractivity contribution in [1.82, 2.24) is 10.2 Å². The fourth-order valence-corrected chi connectivity index (χ4v) is 3.07. The van der Waals surface area contributed by atoms with E-state index in [1.807, 2.05) is 30.3 Å². The Bertz CT molecular complexity index is 828. The van der Waals surface area contributed by atoms with Crippen LogP contribution < -0.4 is 5.32 Å². The second-order valence-corrected chi connectivity index (χ2v) is 6.37. The number of nitrogens with one attached hydrogen (secondary N) is 1. The predicted molar refractivity (Wildman–Crippen MR) is 92.2 cm³/mol. The smallest absolute Gasteiger partial charge is 0.339 e. The zero-order chi connectivity index (χ0) is 18.7. The SMILES string of the molecule is Cc1oc(CNC(=O)C2CC(=O)N(Cc3ccccc3)C2)cc1C(=O)O. The average molecular weight is 356 g/mol. The maximum absolute atomic E-state index is 12.3. The fourth-order valence-electron chi connectivity index (χ4n) is 3.07. The molecule has 1 unspecified atom stereocenters. The van der Waals surface area contributed by atoms with Crippen molar-refractivity contribution in [3.8, 4) is 0 Å². The first kappa shape index (κ1) is 17.7. The zero-order valence-electron chi connectivity index (χ0n) is 14.4. The van der Waals surface area contributed by atoms with E-state index in [0.717, 1.165) is 5.56 Å². The first-order chi connectivity index (χ1) is 12.4. The van der Waals surface area contributed by atoms with Crippen LogP contribution in [0, 0.1) is 12.8 Å². The van der Waals surface area contributed by atoms with Gasteiger partial charge in [0.25, 0.3) is 0 Å². The van der Waals surface area contributed by atoms with Gasteiger partial charge in [0.1, 0.15) is 17.1 Å². The first-order valence-electron chi connectivity index (χ1n) is 8.36. The Balaban J connectivity index is 1.55. The molecule has 2 amide bonds. The fraction of sp³-hybridized carbons (Fsp3) is 0.316. The molecule has 1 fully saturated rings. The Morgan fingerprint density at radius 3 is 2.69 bits per heavy atom. The van der Waals surface area contributed by atoms with Gasteiger partial charge in [-0.3, -0.25) is 9.59 Å². The molecule has 26 heavy (non-hydrogen) atoms. The van der Waals surface area contributed by atoms with Gasteiger partial charge in [-0.2, -0.15) is 0 Å². The van der Waals surface area contributed by atoms with Crippen LogP contribution in [0.1, 0.15) is 33.9 Å². The minimum absolute atomic E-state index is 0.0454. The summed E-state index contributed by atoms with van der Waals surface area (Å²) in [6.07, 6.45) is 0.177. The highest BCUT2D eigenvalue weighted by molar-refractivity contribution is 5.90. The lowest BCUT2D eigenvalue weighted by molar-refractivity contribution is -0.129. The first-order valence-corrected chi connectivity index (χ1v) is 8.36. The van der Waals surface area contributed by atoms with Crippen LogP contribution in [0.3, 0.4) is 0 Å². The van der Waals surface area contributed by atoms with Gasteiger partial charge in [0.05, 0.1) is 12.5 Å². The Hall–Kier alpha value is -3.09. The molecule has 1 saturated heterocycles. The maximum Gasteiger partial charge on any atom is 0.339 e. The van der Waals surface area contributed by atoms with E-state index in [9.17, 15) is 14.4 Å². The summed E-state index contributed by atoms with van der Waals surface area (Å²) < 4.78 is 5.34. The molecule has 7 heteroatoms. The third-order valence-electron chi connectivity index (χ3n) is 4.44. The summed E-state index contributed by atoms with van der Waals surface area (Å²) >= 11 is 0. The van der Waals surface area contributed by atoms with Gasteiger partial charge in [-0.05, 0) is 18.6 Å². The number of rotatable bonds is 6. The Labute approximate surface area is 150 Å². The van der Waals surface area contributed by atoms with Crippen molar-refractivity contribution in [3.05, 3.63) is 59.0 Å².